The van der Waals surface area contributed by atoms with Gasteiger partial charge in [0, 0.05) is 0 Å². The van der Waals surface area contributed by atoms with Crippen LogP contribution in [0.15, 0.2) is 30.4 Å². The minimum Gasteiger partial charge on any atom is -0.494 e. The Morgan fingerprint density at radius 1 is 1.09 bits per heavy atom. The Morgan fingerprint density at radius 2 is 1.82 bits per heavy atom. The van der Waals surface area contributed by atoms with E-state index in [0.717, 1.165) is 25.2 Å². The molecule has 0 fully saturated rings. The quantitative estimate of drug-likeness (QED) is 0.490. The lowest BCUT2D eigenvalue weighted by Crippen LogP contribution is -2.13. The van der Waals surface area contributed by atoms with Gasteiger partial charge in [0.2, 0.25) is 0 Å². The topological polar surface area (TPSA) is 9.23 Å². The average Bonchev–Trinajstić information content (AvgIpc) is 2.46. The zero-order chi connectivity index (χ0) is 16.6. The monoisotopic (exact) mass is 302 g/mol. The van der Waals surface area contributed by atoms with Crippen LogP contribution in [0.4, 0.5) is 0 Å². The summed E-state index contributed by atoms with van der Waals surface area (Å²) in [5.41, 5.74) is 2.96. The van der Waals surface area contributed by atoms with Crippen molar-refractivity contribution >= 4 is 0 Å². The molecule has 0 saturated carbocycles. The average molecular weight is 303 g/mol. The molecule has 0 spiro atoms. The van der Waals surface area contributed by atoms with Gasteiger partial charge in [-0.05, 0) is 54.7 Å². The Bertz CT molecular complexity index is 465. The van der Waals surface area contributed by atoms with E-state index in [0.29, 0.717) is 5.92 Å². The molecule has 124 valence electrons. The second-order valence-corrected chi connectivity index (χ2v) is 7.04. The maximum absolute atomic E-state index is 5.91. The molecule has 0 bridgehead atoms. The van der Waals surface area contributed by atoms with Gasteiger partial charge in [-0.1, -0.05) is 65.3 Å². The predicted molar refractivity (Wildman–Crippen MR) is 98.0 cm³/mol. The molecule has 1 heteroatoms. The highest BCUT2D eigenvalue weighted by molar-refractivity contribution is 5.42. The van der Waals surface area contributed by atoms with Crippen LogP contribution in [-0.2, 0) is 5.41 Å². The molecule has 0 aromatic heterocycles. The van der Waals surface area contributed by atoms with Crippen molar-refractivity contribution in [3.8, 4) is 5.75 Å². The van der Waals surface area contributed by atoms with Crippen LogP contribution in [0.1, 0.15) is 84.3 Å². The summed E-state index contributed by atoms with van der Waals surface area (Å²) in [7, 11) is 0. The van der Waals surface area contributed by atoms with E-state index in [2.05, 4.69) is 71.9 Å². The van der Waals surface area contributed by atoms with Crippen LogP contribution in [-0.4, -0.2) is 6.61 Å². The third-order valence-corrected chi connectivity index (χ3v) is 4.08. The van der Waals surface area contributed by atoms with Gasteiger partial charge >= 0.3 is 0 Å². The zero-order valence-corrected chi connectivity index (χ0v) is 15.4. The second-order valence-electron chi connectivity index (χ2n) is 7.04. The molecule has 0 saturated heterocycles. The lowest BCUT2D eigenvalue weighted by molar-refractivity contribution is 0.332. The molecule has 0 aliphatic rings. The van der Waals surface area contributed by atoms with E-state index in [1.807, 2.05) is 0 Å². The summed E-state index contributed by atoms with van der Waals surface area (Å²) in [6.07, 6.45) is 9.24. The Labute approximate surface area is 137 Å². The lowest BCUT2D eigenvalue weighted by Gasteiger charge is -2.24. The summed E-state index contributed by atoms with van der Waals surface area (Å²) >= 11 is 0. The van der Waals surface area contributed by atoms with Crippen molar-refractivity contribution in [2.24, 2.45) is 0 Å². The van der Waals surface area contributed by atoms with E-state index in [4.69, 9.17) is 4.74 Å². The van der Waals surface area contributed by atoms with Crippen molar-refractivity contribution in [1.29, 1.82) is 0 Å². The van der Waals surface area contributed by atoms with Crippen LogP contribution in [0.3, 0.4) is 0 Å². The summed E-state index contributed by atoms with van der Waals surface area (Å²) in [6.45, 7) is 14.1. The van der Waals surface area contributed by atoms with E-state index >= 15 is 0 Å². The summed E-state index contributed by atoms with van der Waals surface area (Å²) in [6, 6.07) is 6.77. The SMILES string of the molecule is CC/C=C\CC(CCC)c1cc(C(C)(C)C)ccc1OCC. The predicted octanol–water partition coefficient (Wildman–Crippen LogP) is 6.62. The number of hydrogen-bond donors (Lipinski definition) is 0. The van der Waals surface area contributed by atoms with Gasteiger partial charge in [-0.25, -0.2) is 0 Å². The largest absolute Gasteiger partial charge is 0.494 e. The van der Waals surface area contributed by atoms with Crippen molar-refractivity contribution in [3.63, 3.8) is 0 Å². The fourth-order valence-electron chi connectivity index (χ4n) is 2.80. The number of hydrogen-bond acceptors (Lipinski definition) is 1. The van der Waals surface area contributed by atoms with Crippen LogP contribution in [0.5, 0.6) is 5.75 Å². The number of allylic oxidation sites excluding steroid dienone is 2. The Balaban J connectivity index is 3.20. The molecular formula is C21H34O. The smallest absolute Gasteiger partial charge is 0.122 e. The molecule has 0 amide bonds. The van der Waals surface area contributed by atoms with Gasteiger partial charge in [0.15, 0.2) is 0 Å². The van der Waals surface area contributed by atoms with E-state index in [9.17, 15) is 0 Å². The molecule has 0 N–H and O–H groups in total. The number of ether oxygens (including phenoxy) is 1. The van der Waals surface area contributed by atoms with Gasteiger partial charge in [0.05, 0.1) is 6.61 Å². The molecule has 1 aromatic carbocycles. The van der Waals surface area contributed by atoms with Crippen LogP contribution >= 0.6 is 0 Å². The molecule has 0 aliphatic carbocycles. The van der Waals surface area contributed by atoms with Gasteiger partial charge in [-0.15, -0.1) is 0 Å². The van der Waals surface area contributed by atoms with Crippen LogP contribution < -0.4 is 4.74 Å². The maximum atomic E-state index is 5.91. The van der Waals surface area contributed by atoms with Crippen molar-refractivity contribution in [1.82, 2.24) is 0 Å². The first kappa shape index (κ1) is 18.8. The fourth-order valence-corrected chi connectivity index (χ4v) is 2.80. The molecule has 1 unspecified atom stereocenters. The van der Waals surface area contributed by atoms with E-state index in [1.54, 1.807) is 0 Å². The third kappa shape index (κ3) is 5.51. The highest BCUT2D eigenvalue weighted by Crippen LogP contribution is 2.36. The van der Waals surface area contributed by atoms with Crippen molar-refractivity contribution in [3.05, 3.63) is 41.5 Å². The van der Waals surface area contributed by atoms with Gasteiger partial charge in [-0.2, -0.15) is 0 Å². The minimum absolute atomic E-state index is 0.176. The van der Waals surface area contributed by atoms with Crippen molar-refractivity contribution < 1.29 is 4.74 Å². The summed E-state index contributed by atoms with van der Waals surface area (Å²) < 4.78 is 5.91. The summed E-state index contributed by atoms with van der Waals surface area (Å²) in [4.78, 5) is 0. The lowest BCUT2D eigenvalue weighted by atomic mass is 9.82. The number of benzene rings is 1. The van der Waals surface area contributed by atoms with Gasteiger partial charge in [0.1, 0.15) is 5.75 Å². The van der Waals surface area contributed by atoms with E-state index in [1.165, 1.54) is 24.0 Å². The molecular weight excluding hydrogens is 268 g/mol. The summed E-state index contributed by atoms with van der Waals surface area (Å²) in [5.74, 6) is 1.62. The Morgan fingerprint density at radius 3 is 2.36 bits per heavy atom. The molecule has 1 atom stereocenters. The van der Waals surface area contributed by atoms with E-state index < -0.39 is 0 Å². The molecule has 22 heavy (non-hydrogen) atoms. The first-order valence-electron chi connectivity index (χ1n) is 8.86. The molecule has 1 rings (SSSR count). The summed E-state index contributed by atoms with van der Waals surface area (Å²) in [5, 5.41) is 0. The van der Waals surface area contributed by atoms with Crippen LogP contribution in [0.2, 0.25) is 0 Å². The maximum Gasteiger partial charge on any atom is 0.122 e. The standard InChI is InChI=1S/C21H34O/c1-7-10-11-13-17(12-8-2)19-16-18(21(4,5)6)14-15-20(19)22-9-3/h10-11,14-17H,7-9,12-13H2,1-6H3/b11-10-. The first-order valence-corrected chi connectivity index (χ1v) is 8.86. The van der Waals surface area contributed by atoms with Crippen molar-refractivity contribution in [2.45, 2.75) is 78.6 Å². The van der Waals surface area contributed by atoms with Gasteiger partial charge in [0.25, 0.3) is 0 Å². The Kier molecular flexibility index (Phi) is 7.72. The minimum atomic E-state index is 0.176. The molecule has 1 aromatic rings. The van der Waals surface area contributed by atoms with Crippen molar-refractivity contribution in [2.75, 3.05) is 6.61 Å². The third-order valence-electron chi connectivity index (χ3n) is 4.08. The molecule has 0 radical (unpaired) electrons. The second kappa shape index (κ2) is 9.02. The zero-order valence-electron chi connectivity index (χ0n) is 15.4. The number of rotatable bonds is 8. The van der Waals surface area contributed by atoms with Gasteiger partial charge in [-0.3, -0.25) is 0 Å². The fraction of sp³-hybridized carbons (Fsp3) is 0.619. The Hall–Kier alpha value is -1.24. The van der Waals surface area contributed by atoms with Crippen LogP contribution in [0.25, 0.3) is 0 Å². The molecule has 0 heterocycles. The van der Waals surface area contributed by atoms with Crippen LogP contribution in [0, 0.1) is 0 Å². The normalized spacial score (nSPS) is 13.5. The highest BCUT2D eigenvalue weighted by atomic mass is 16.5. The van der Waals surface area contributed by atoms with E-state index in [-0.39, 0.29) is 5.41 Å². The molecule has 1 nitrogen and oxygen atoms in total. The van der Waals surface area contributed by atoms with Gasteiger partial charge < -0.3 is 4.74 Å². The molecule has 0 aliphatic heterocycles. The highest BCUT2D eigenvalue weighted by Gasteiger charge is 2.20. The first-order chi connectivity index (χ1) is 10.4.